The second-order valence-corrected chi connectivity index (χ2v) is 5.23. The first-order valence-corrected chi connectivity index (χ1v) is 7.03. The SMILES string of the molecule is Cc1cc(CCCn2c(=O)c3cnccc3n(C)c2=O)on1. The minimum atomic E-state index is -0.322. The average molecular weight is 300 g/mol. The molecule has 3 aromatic heterocycles. The number of rotatable bonds is 4. The summed E-state index contributed by atoms with van der Waals surface area (Å²) in [6.07, 6.45) is 4.31. The van der Waals surface area contributed by atoms with Gasteiger partial charge in [0, 0.05) is 38.5 Å². The lowest BCUT2D eigenvalue weighted by Crippen LogP contribution is -2.39. The fourth-order valence-corrected chi connectivity index (χ4v) is 2.50. The minimum absolute atomic E-state index is 0.306. The largest absolute Gasteiger partial charge is 0.361 e. The molecule has 0 fully saturated rings. The van der Waals surface area contributed by atoms with Gasteiger partial charge in [0.05, 0.1) is 16.6 Å². The molecular formula is C15H16N4O3. The standard InChI is InChI=1S/C15H16N4O3/c1-10-8-11(22-17-10)4-3-7-19-14(20)12-9-16-6-5-13(12)18(2)15(19)21/h5-6,8-9H,3-4,7H2,1-2H3. The van der Waals surface area contributed by atoms with E-state index in [-0.39, 0.29) is 11.2 Å². The maximum atomic E-state index is 12.4. The van der Waals surface area contributed by atoms with E-state index in [1.165, 1.54) is 15.3 Å². The molecule has 7 heteroatoms. The van der Waals surface area contributed by atoms with E-state index in [1.807, 2.05) is 13.0 Å². The summed E-state index contributed by atoms with van der Waals surface area (Å²) in [6.45, 7) is 2.18. The van der Waals surface area contributed by atoms with Crippen molar-refractivity contribution in [3.63, 3.8) is 0 Å². The Balaban J connectivity index is 1.90. The molecule has 0 saturated heterocycles. The van der Waals surface area contributed by atoms with Gasteiger partial charge in [-0.3, -0.25) is 18.9 Å². The van der Waals surface area contributed by atoms with Crippen molar-refractivity contribution in [2.24, 2.45) is 7.05 Å². The number of nitrogens with zero attached hydrogens (tertiary/aromatic N) is 4. The quantitative estimate of drug-likeness (QED) is 0.718. The van der Waals surface area contributed by atoms with Gasteiger partial charge in [-0.1, -0.05) is 5.16 Å². The van der Waals surface area contributed by atoms with Crippen LogP contribution in [0.4, 0.5) is 0 Å². The van der Waals surface area contributed by atoms with Gasteiger partial charge < -0.3 is 4.52 Å². The average Bonchev–Trinajstić information content (AvgIpc) is 2.94. The summed E-state index contributed by atoms with van der Waals surface area (Å²) in [6, 6.07) is 3.52. The van der Waals surface area contributed by atoms with Gasteiger partial charge in [0.25, 0.3) is 5.56 Å². The van der Waals surface area contributed by atoms with E-state index < -0.39 is 0 Å². The van der Waals surface area contributed by atoms with Gasteiger partial charge in [0.15, 0.2) is 0 Å². The molecule has 0 aliphatic heterocycles. The van der Waals surface area contributed by atoms with Crippen LogP contribution in [0.2, 0.25) is 0 Å². The van der Waals surface area contributed by atoms with Crippen molar-refractivity contribution in [3.8, 4) is 0 Å². The first-order chi connectivity index (χ1) is 10.6. The third kappa shape index (κ3) is 2.45. The highest BCUT2D eigenvalue weighted by molar-refractivity contribution is 5.76. The third-order valence-electron chi connectivity index (χ3n) is 3.63. The van der Waals surface area contributed by atoms with Crippen LogP contribution in [0, 0.1) is 6.92 Å². The Morgan fingerprint density at radius 2 is 2.14 bits per heavy atom. The molecule has 0 aliphatic carbocycles. The van der Waals surface area contributed by atoms with Crippen LogP contribution in [0.25, 0.3) is 10.9 Å². The second-order valence-electron chi connectivity index (χ2n) is 5.23. The van der Waals surface area contributed by atoms with Gasteiger partial charge >= 0.3 is 5.69 Å². The number of aromatic nitrogens is 4. The van der Waals surface area contributed by atoms with Crippen molar-refractivity contribution in [2.45, 2.75) is 26.3 Å². The smallest absolute Gasteiger partial charge is 0.331 e. The number of pyridine rings is 1. The lowest BCUT2D eigenvalue weighted by molar-refractivity contribution is 0.373. The highest BCUT2D eigenvalue weighted by Crippen LogP contribution is 2.07. The van der Waals surface area contributed by atoms with Crippen molar-refractivity contribution in [1.82, 2.24) is 19.3 Å². The maximum Gasteiger partial charge on any atom is 0.331 e. The van der Waals surface area contributed by atoms with Gasteiger partial charge in [-0.15, -0.1) is 0 Å². The van der Waals surface area contributed by atoms with E-state index in [1.54, 1.807) is 19.3 Å². The Kier molecular flexibility index (Phi) is 3.62. The van der Waals surface area contributed by atoms with E-state index in [9.17, 15) is 9.59 Å². The van der Waals surface area contributed by atoms with Gasteiger partial charge in [0.1, 0.15) is 5.76 Å². The van der Waals surface area contributed by atoms with Crippen molar-refractivity contribution >= 4 is 10.9 Å². The topological polar surface area (TPSA) is 82.9 Å². The number of fused-ring (bicyclic) bond motifs is 1. The van der Waals surface area contributed by atoms with Gasteiger partial charge in [0.2, 0.25) is 0 Å². The molecule has 0 aliphatic rings. The predicted octanol–water partition coefficient (Wildman–Crippen LogP) is 1.02. The monoisotopic (exact) mass is 300 g/mol. The second kappa shape index (κ2) is 5.59. The molecule has 7 nitrogen and oxygen atoms in total. The molecule has 0 aromatic carbocycles. The lowest BCUT2D eigenvalue weighted by atomic mass is 10.2. The Labute approximate surface area is 125 Å². The molecule has 0 saturated carbocycles. The predicted molar refractivity (Wildman–Crippen MR) is 80.8 cm³/mol. The van der Waals surface area contributed by atoms with Gasteiger partial charge in [-0.05, 0) is 19.4 Å². The van der Waals surface area contributed by atoms with Crippen molar-refractivity contribution < 1.29 is 4.52 Å². The van der Waals surface area contributed by atoms with E-state index in [4.69, 9.17) is 4.52 Å². The highest BCUT2D eigenvalue weighted by Gasteiger charge is 2.11. The Morgan fingerprint density at radius 1 is 1.32 bits per heavy atom. The Hall–Kier alpha value is -2.70. The zero-order chi connectivity index (χ0) is 15.7. The molecule has 0 atom stereocenters. The van der Waals surface area contributed by atoms with E-state index in [2.05, 4.69) is 10.1 Å². The summed E-state index contributed by atoms with van der Waals surface area (Å²) < 4.78 is 7.84. The van der Waals surface area contributed by atoms with Crippen LogP contribution in [-0.4, -0.2) is 19.3 Å². The zero-order valence-corrected chi connectivity index (χ0v) is 12.4. The number of aryl methyl sites for hydroxylation is 3. The molecule has 0 spiro atoms. The van der Waals surface area contributed by atoms with Crippen molar-refractivity contribution in [3.05, 3.63) is 56.8 Å². The molecule has 114 valence electrons. The Bertz CT molecular complexity index is 936. The fourth-order valence-electron chi connectivity index (χ4n) is 2.50. The molecule has 0 bridgehead atoms. The first-order valence-electron chi connectivity index (χ1n) is 7.03. The summed E-state index contributed by atoms with van der Waals surface area (Å²) in [5.74, 6) is 0.754. The summed E-state index contributed by atoms with van der Waals surface area (Å²) in [5, 5.41) is 4.26. The van der Waals surface area contributed by atoms with Crippen LogP contribution in [-0.2, 0) is 20.0 Å². The zero-order valence-electron chi connectivity index (χ0n) is 12.4. The van der Waals surface area contributed by atoms with Gasteiger partial charge in [-0.25, -0.2) is 4.79 Å². The van der Waals surface area contributed by atoms with Crippen LogP contribution in [0.1, 0.15) is 17.9 Å². The summed E-state index contributed by atoms with van der Waals surface area (Å²) in [4.78, 5) is 28.7. The van der Waals surface area contributed by atoms with Crippen LogP contribution in [0.15, 0.2) is 38.6 Å². The summed E-state index contributed by atoms with van der Waals surface area (Å²) >= 11 is 0. The normalized spacial score (nSPS) is 11.2. The fraction of sp³-hybridized carbons (Fsp3) is 0.333. The van der Waals surface area contributed by atoms with Crippen molar-refractivity contribution in [1.29, 1.82) is 0 Å². The highest BCUT2D eigenvalue weighted by atomic mass is 16.5. The van der Waals surface area contributed by atoms with Crippen LogP contribution < -0.4 is 11.2 Å². The molecule has 22 heavy (non-hydrogen) atoms. The molecule has 0 radical (unpaired) electrons. The Morgan fingerprint density at radius 3 is 2.86 bits per heavy atom. The molecule has 0 N–H and O–H groups in total. The molecule has 0 amide bonds. The third-order valence-corrected chi connectivity index (χ3v) is 3.63. The molecule has 3 rings (SSSR count). The van der Waals surface area contributed by atoms with E-state index >= 15 is 0 Å². The first kappa shape index (κ1) is 14.2. The maximum absolute atomic E-state index is 12.4. The van der Waals surface area contributed by atoms with Crippen molar-refractivity contribution in [2.75, 3.05) is 0 Å². The number of hydrogen-bond donors (Lipinski definition) is 0. The van der Waals surface area contributed by atoms with Crippen LogP contribution in [0.5, 0.6) is 0 Å². The summed E-state index contributed by atoms with van der Waals surface area (Å²) in [5.41, 5.74) is 0.782. The van der Waals surface area contributed by atoms with Crippen LogP contribution in [0.3, 0.4) is 0 Å². The van der Waals surface area contributed by atoms with E-state index in [0.717, 1.165) is 11.5 Å². The minimum Gasteiger partial charge on any atom is -0.361 e. The number of hydrogen-bond acceptors (Lipinski definition) is 5. The lowest BCUT2D eigenvalue weighted by Gasteiger charge is -2.09. The van der Waals surface area contributed by atoms with Crippen LogP contribution >= 0.6 is 0 Å². The van der Waals surface area contributed by atoms with Gasteiger partial charge in [-0.2, -0.15) is 0 Å². The summed E-state index contributed by atoms with van der Waals surface area (Å²) in [7, 11) is 1.65. The molecule has 0 unspecified atom stereocenters. The van der Waals surface area contributed by atoms with E-state index in [0.29, 0.717) is 30.3 Å². The molecule has 3 heterocycles. The molecular weight excluding hydrogens is 284 g/mol. The molecule has 3 aromatic rings.